The molecule has 0 atom stereocenters. The summed E-state index contributed by atoms with van der Waals surface area (Å²) in [5.41, 5.74) is -0.150. The zero-order valence-corrected chi connectivity index (χ0v) is 11.7. The van der Waals surface area contributed by atoms with Gasteiger partial charge in [-0.2, -0.15) is 0 Å². The number of piperidine rings is 1. The summed E-state index contributed by atoms with van der Waals surface area (Å²) >= 11 is 0. The van der Waals surface area contributed by atoms with Gasteiger partial charge < -0.3 is 15.1 Å². The molecule has 0 saturated carbocycles. The average molecular weight is 264 g/mol. The Kier molecular flexibility index (Phi) is 5.02. The van der Waals surface area contributed by atoms with E-state index in [1.54, 1.807) is 6.26 Å². The van der Waals surface area contributed by atoms with Gasteiger partial charge >= 0.3 is 0 Å². The summed E-state index contributed by atoms with van der Waals surface area (Å²) in [4.78, 5) is 12.5. The minimum Gasteiger partial charge on any atom is -0.469 e. The van der Waals surface area contributed by atoms with Crippen molar-refractivity contribution in [2.24, 2.45) is 5.41 Å². The molecule has 0 aliphatic carbocycles. The molecule has 1 aliphatic rings. The normalized spacial score (nSPS) is 18.2. The van der Waals surface area contributed by atoms with Crippen LogP contribution in [0.5, 0.6) is 0 Å². The standard InChI is InChI=1S/C15H24N2O2/c1-2-6-15(7-10-16-11-8-15)14(18)17-9-5-13-4-3-12-19-13/h3-4,12,16H,2,5-11H2,1H3,(H,17,18). The fourth-order valence-corrected chi connectivity index (χ4v) is 2.92. The second kappa shape index (κ2) is 6.75. The first-order chi connectivity index (χ1) is 9.27. The van der Waals surface area contributed by atoms with Gasteiger partial charge in [-0.3, -0.25) is 4.79 Å². The Balaban J connectivity index is 1.85. The molecule has 0 radical (unpaired) electrons. The molecule has 1 aromatic rings. The molecule has 2 rings (SSSR count). The molecular weight excluding hydrogens is 240 g/mol. The molecule has 0 aromatic carbocycles. The quantitative estimate of drug-likeness (QED) is 0.827. The minimum absolute atomic E-state index is 0.150. The largest absolute Gasteiger partial charge is 0.469 e. The van der Waals surface area contributed by atoms with Gasteiger partial charge in [0, 0.05) is 13.0 Å². The van der Waals surface area contributed by atoms with Crippen molar-refractivity contribution in [3.8, 4) is 0 Å². The molecule has 106 valence electrons. The van der Waals surface area contributed by atoms with Crippen molar-refractivity contribution >= 4 is 5.91 Å². The Bertz CT molecular complexity index is 375. The number of carbonyl (C=O) groups is 1. The van der Waals surface area contributed by atoms with E-state index in [1.807, 2.05) is 12.1 Å². The van der Waals surface area contributed by atoms with Crippen LogP contribution in [0.3, 0.4) is 0 Å². The summed E-state index contributed by atoms with van der Waals surface area (Å²) in [6.45, 7) is 4.71. The molecular formula is C15H24N2O2. The summed E-state index contributed by atoms with van der Waals surface area (Å²) in [6, 6.07) is 3.82. The van der Waals surface area contributed by atoms with E-state index in [0.717, 1.165) is 51.0 Å². The van der Waals surface area contributed by atoms with Crippen molar-refractivity contribution in [2.45, 2.75) is 39.0 Å². The number of rotatable bonds is 6. The summed E-state index contributed by atoms with van der Waals surface area (Å²) in [5.74, 6) is 1.15. The molecule has 1 saturated heterocycles. The van der Waals surface area contributed by atoms with Gasteiger partial charge in [0.15, 0.2) is 0 Å². The Morgan fingerprint density at radius 3 is 2.89 bits per heavy atom. The lowest BCUT2D eigenvalue weighted by molar-refractivity contribution is -0.133. The second-order valence-corrected chi connectivity index (χ2v) is 5.37. The number of furan rings is 1. The summed E-state index contributed by atoms with van der Waals surface area (Å²) < 4.78 is 5.27. The molecule has 4 nitrogen and oxygen atoms in total. The highest BCUT2D eigenvalue weighted by molar-refractivity contribution is 5.82. The van der Waals surface area contributed by atoms with E-state index in [2.05, 4.69) is 17.6 Å². The molecule has 19 heavy (non-hydrogen) atoms. The lowest BCUT2D eigenvalue weighted by atomic mass is 9.74. The Morgan fingerprint density at radius 2 is 2.26 bits per heavy atom. The van der Waals surface area contributed by atoms with E-state index in [4.69, 9.17) is 4.42 Å². The maximum atomic E-state index is 12.5. The highest BCUT2D eigenvalue weighted by Crippen LogP contribution is 2.34. The van der Waals surface area contributed by atoms with E-state index in [0.29, 0.717) is 6.54 Å². The molecule has 1 amide bonds. The summed E-state index contributed by atoms with van der Waals surface area (Å²) in [6.07, 6.45) is 6.38. The molecule has 0 spiro atoms. The topological polar surface area (TPSA) is 54.3 Å². The van der Waals surface area contributed by atoms with Gasteiger partial charge in [-0.05, 0) is 44.5 Å². The fourth-order valence-electron chi connectivity index (χ4n) is 2.92. The van der Waals surface area contributed by atoms with Crippen molar-refractivity contribution in [1.29, 1.82) is 0 Å². The van der Waals surface area contributed by atoms with Gasteiger partial charge in [-0.25, -0.2) is 0 Å². The molecule has 1 aromatic heterocycles. The number of amides is 1. The predicted molar refractivity (Wildman–Crippen MR) is 74.9 cm³/mol. The summed E-state index contributed by atoms with van der Waals surface area (Å²) in [5, 5.41) is 6.43. The summed E-state index contributed by atoms with van der Waals surface area (Å²) in [7, 11) is 0. The van der Waals surface area contributed by atoms with E-state index >= 15 is 0 Å². The lowest BCUT2D eigenvalue weighted by Gasteiger charge is -2.36. The van der Waals surface area contributed by atoms with E-state index < -0.39 is 0 Å². The maximum absolute atomic E-state index is 12.5. The van der Waals surface area contributed by atoms with Gasteiger partial charge in [-0.1, -0.05) is 13.3 Å². The molecule has 1 aliphatic heterocycles. The minimum atomic E-state index is -0.150. The predicted octanol–water partition coefficient (Wildman–Crippen LogP) is 2.11. The molecule has 1 fully saturated rings. The molecule has 2 heterocycles. The zero-order chi connectivity index (χ0) is 13.6. The smallest absolute Gasteiger partial charge is 0.226 e. The highest BCUT2D eigenvalue weighted by atomic mass is 16.3. The number of carbonyl (C=O) groups excluding carboxylic acids is 1. The van der Waals surface area contributed by atoms with Crippen molar-refractivity contribution in [2.75, 3.05) is 19.6 Å². The van der Waals surface area contributed by atoms with Crippen LogP contribution in [0.2, 0.25) is 0 Å². The molecule has 2 N–H and O–H groups in total. The van der Waals surface area contributed by atoms with Crippen LogP contribution in [0.25, 0.3) is 0 Å². The van der Waals surface area contributed by atoms with E-state index in [-0.39, 0.29) is 11.3 Å². The van der Waals surface area contributed by atoms with Crippen LogP contribution in [0.1, 0.15) is 38.4 Å². The van der Waals surface area contributed by atoms with Gasteiger partial charge in [0.2, 0.25) is 5.91 Å². The van der Waals surface area contributed by atoms with Crippen molar-refractivity contribution in [1.82, 2.24) is 10.6 Å². The van der Waals surface area contributed by atoms with Gasteiger partial charge in [0.1, 0.15) is 5.76 Å². The van der Waals surface area contributed by atoms with Gasteiger partial charge in [0.05, 0.1) is 11.7 Å². The number of hydrogen-bond donors (Lipinski definition) is 2. The lowest BCUT2D eigenvalue weighted by Crippen LogP contribution is -2.48. The zero-order valence-electron chi connectivity index (χ0n) is 11.7. The molecule has 0 unspecified atom stereocenters. The van der Waals surface area contributed by atoms with Crippen LogP contribution in [0.15, 0.2) is 22.8 Å². The third-order valence-corrected chi connectivity index (χ3v) is 4.01. The third kappa shape index (κ3) is 3.60. The Morgan fingerprint density at radius 1 is 1.47 bits per heavy atom. The molecule has 0 bridgehead atoms. The van der Waals surface area contributed by atoms with Crippen LogP contribution in [0, 0.1) is 5.41 Å². The first-order valence-corrected chi connectivity index (χ1v) is 7.28. The first kappa shape index (κ1) is 14.1. The Hall–Kier alpha value is -1.29. The van der Waals surface area contributed by atoms with Crippen molar-refractivity contribution in [3.05, 3.63) is 24.2 Å². The van der Waals surface area contributed by atoms with E-state index in [1.165, 1.54) is 0 Å². The van der Waals surface area contributed by atoms with Crippen LogP contribution in [-0.2, 0) is 11.2 Å². The first-order valence-electron chi connectivity index (χ1n) is 7.28. The van der Waals surface area contributed by atoms with Crippen LogP contribution < -0.4 is 10.6 Å². The average Bonchev–Trinajstić information content (AvgIpc) is 2.93. The van der Waals surface area contributed by atoms with Crippen molar-refractivity contribution < 1.29 is 9.21 Å². The Labute approximate surface area is 114 Å². The maximum Gasteiger partial charge on any atom is 0.226 e. The highest BCUT2D eigenvalue weighted by Gasteiger charge is 2.38. The molecule has 4 heteroatoms. The van der Waals surface area contributed by atoms with E-state index in [9.17, 15) is 4.79 Å². The van der Waals surface area contributed by atoms with Crippen molar-refractivity contribution in [3.63, 3.8) is 0 Å². The monoisotopic (exact) mass is 264 g/mol. The van der Waals surface area contributed by atoms with Crippen LogP contribution in [-0.4, -0.2) is 25.5 Å². The third-order valence-electron chi connectivity index (χ3n) is 4.01. The van der Waals surface area contributed by atoms with Gasteiger partial charge in [0.25, 0.3) is 0 Å². The fraction of sp³-hybridized carbons (Fsp3) is 0.667. The number of nitrogens with one attached hydrogen (secondary N) is 2. The van der Waals surface area contributed by atoms with Gasteiger partial charge in [-0.15, -0.1) is 0 Å². The number of hydrogen-bond acceptors (Lipinski definition) is 3. The van der Waals surface area contributed by atoms with Crippen LogP contribution in [0.4, 0.5) is 0 Å². The second-order valence-electron chi connectivity index (χ2n) is 5.37. The SMILES string of the molecule is CCCC1(C(=O)NCCc2ccco2)CCNCC1. The van der Waals surface area contributed by atoms with Crippen LogP contribution >= 0.6 is 0 Å².